The molecule has 2 fully saturated rings. The number of carbonyl (C=O) groups excluding carboxylic acids is 1. The Kier molecular flexibility index (Phi) is 5.33. The Labute approximate surface area is 174 Å². The molecule has 30 heavy (non-hydrogen) atoms. The van der Waals surface area contributed by atoms with Gasteiger partial charge in [0.1, 0.15) is 6.54 Å². The van der Waals surface area contributed by atoms with E-state index in [-0.39, 0.29) is 47.2 Å². The Morgan fingerprint density at radius 2 is 1.80 bits per heavy atom. The second-order valence-corrected chi connectivity index (χ2v) is 10.6. The van der Waals surface area contributed by atoms with E-state index in [2.05, 4.69) is 4.98 Å². The minimum absolute atomic E-state index is 0.00379. The highest BCUT2D eigenvalue weighted by Crippen LogP contribution is 2.28. The first kappa shape index (κ1) is 20.8. The van der Waals surface area contributed by atoms with Crippen molar-refractivity contribution in [1.82, 2.24) is 23.6 Å². The van der Waals surface area contributed by atoms with E-state index in [0.717, 1.165) is 36.7 Å². The SMILES string of the molecule is Cn1c(=O)c2c(ncn2CC(=O)N(C2CCCCC2)C2CCS(=O)(=O)C2)n(C)c1=O. The van der Waals surface area contributed by atoms with Gasteiger partial charge in [0.15, 0.2) is 21.0 Å². The van der Waals surface area contributed by atoms with Crippen LogP contribution in [0.3, 0.4) is 0 Å². The third-order valence-electron chi connectivity index (χ3n) is 6.38. The van der Waals surface area contributed by atoms with Crippen LogP contribution in [0.5, 0.6) is 0 Å². The first-order valence-electron chi connectivity index (χ1n) is 10.3. The summed E-state index contributed by atoms with van der Waals surface area (Å²) in [7, 11) is -0.218. The number of aromatic nitrogens is 4. The van der Waals surface area contributed by atoms with E-state index < -0.39 is 21.1 Å². The minimum atomic E-state index is -3.14. The summed E-state index contributed by atoms with van der Waals surface area (Å²) in [6.07, 6.45) is 6.73. The Morgan fingerprint density at radius 3 is 2.43 bits per heavy atom. The van der Waals surface area contributed by atoms with Crippen LogP contribution in [0.1, 0.15) is 38.5 Å². The molecule has 1 amide bonds. The summed E-state index contributed by atoms with van der Waals surface area (Å²) < 4.78 is 27.9. The van der Waals surface area contributed by atoms with E-state index in [1.807, 2.05) is 0 Å². The third kappa shape index (κ3) is 3.59. The van der Waals surface area contributed by atoms with Crippen molar-refractivity contribution in [2.75, 3.05) is 11.5 Å². The summed E-state index contributed by atoms with van der Waals surface area (Å²) in [5.41, 5.74) is -0.575. The number of carbonyl (C=O) groups is 1. The first-order valence-corrected chi connectivity index (χ1v) is 12.1. The number of amides is 1. The van der Waals surface area contributed by atoms with Crippen LogP contribution in [0.2, 0.25) is 0 Å². The molecule has 0 spiro atoms. The number of imidazole rings is 1. The molecule has 2 aromatic heterocycles. The molecule has 0 bridgehead atoms. The van der Waals surface area contributed by atoms with Gasteiger partial charge < -0.3 is 9.47 Å². The van der Waals surface area contributed by atoms with Gasteiger partial charge in [-0.15, -0.1) is 0 Å². The van der Waals surface area contributed by atoms with Crippen LogP contribution >= 0.6 is 0 Å². The summed E-state index contributed by atoms with van der Waals surface area (Å²) in [5, 5.41) is 0. The Morgan fingerprint density at radius 1 is 1.10 bits per heavy atom. The first-order chi connectivity index (χ1) is 14.2. The molecule has 10 nitrogen and oxygen atoms in total. The van der Waals surface area contributed by atoms with Crippen molar-refractivity contribution in [3.63, 3.8) is 0 Å². The van der Waals surface area contributed by atoms with Gasteiger partial charge in [0.05, 0.1) is 17.8 Å². The van der Waals surface area contributed by atoms with Gasteiger partial charge in [-0.25, -0.2) is 18.2 Å². The van der Waals surface area contributed by atoms with Crippen molar-refractivity contribution in [2.24, 2.45) is 14.1 Å². The number of fused-ring (bicyclic) bond motifs is 1. The average Bonchev–Trinajstić information content (AvgIpc) is 3.29. The Balaban J connectivity index is 1.69. The smallest absolute Gasteiger partial charge is 0.332 e. The lowest BCUT2D eigenvalue weighted by Gasteiger charge is -2.38. The fourth-order valence-electron chi connectivity index (χ4n) is 4.80. The van der Waals surface area contributed by atoms with Gasteiger partial charge in [0, 0.05) is 26.2 Å². The second kappa shape index (κ2) is 7.68. The Bertz CT molecular complexity index is 1200. The van der Waals surface area contributed by atoms with Crippen LogP contribution in [-0.4, -0.2) is 61.5 Å². The van der Waals surface area contributed by atoms with Crippen molar-refractivity contribution in [3.05, 3.63) is 27.2 Å². The highest BCUT2D eigenvalue weighted by atomic mass is 32.2. The summed E-state index contributed by atoms with van der Waals surface area (Å²) in [5.74, 6) is -0.111. The molecule has 3 heterocycles. The lowest BCUT2D eigenvalue weighted by molar-refractivity contribution is -0.137. The second-order valence-electron chi connectivity index (χ2n) is 8.40. The average molecular weight is 438 g/mol. The number of aryl methyl sites for hydroxylation is 1. The molecule has 1 unspecified atom stereocenters. The molecule has 1 aliphatic heterocycles. The van der Waals surface area contributed by atoms with Crippen molar-refractivity contribution in [1.29, 1.82) is 0 Å². The molecule has 0 N–H and O–H groups in total. The topological polar surface area (TPSA) is 116 Å². The number of nitrogens with zero attached hydrogens (tertiary/aromatic N) is 5. The van der Waals surface area contributed by atoms with E-state index in [0.29, 0.717) is 6.42 Å². The van der Waals surface area contributed by atoms with Crippen LogP contribution in [0.15, 0.2) is 15.9 Å². The number of rotatable bonds is 4. The van der Waals surface area contributed by atoms with Gasteiger partial charge in [-0.05, 0) is 19.3 Å². The molecule has 1 saturated heterocycles. The molecule has 0 aromatic carbocycles. The van der Waals surface area contributed by atoms with Gasteiger partial charge in [-0.3, -0.25) is 18.7 Å². The number of hydrogen-bond donors (Lipinski definition) is 0. The van der Waals surface area contributed by atoms with Crippen molar-refractivity contribution >= 4 is 26.9 Å². The lowest BCUT2D eigenvalue weighted by Crippen LogP contribution is -2.50. The highest BCUT2D eigenvalue weighted by Gasteiger charge is 2.38. The van der Waals surface area contributed by atoms with Gasteiger partial charge in [-0.1, -0.05) is 19.3 Å². The lowest BCUT2D eigenvalue weighted by atomic mass is 9.93. The summed E-state index contributed by atoms with van der Waals surface area (Å²) in [6, 6.07) is -0.306. The van der Waals surface area contributed by atoms with E-state index in [9.17, 15) is 22.8 Å². The fourth-order valence-corrected chi connectivity index (χ4v) is 6.51. The maximum atomic E-state index is 13.4. The normalized spacial score (nSPS) is 21.9. The maximum absolute atomic E-state index is 13.4. The summed E-state index contributed by atoms with van der Waals surface area (Å²) in [6.45, 7) is -0.114. The van der Waals surface area contributed by atoms with E-state index in [4.69, 9.17) is 0 Å². The maximum Gasteiger partial charge on any atom is 0.332 e. The monoisotopic (exact) mass is 437 g/mol. The van der Waals surface area contributed by atoms with Gasteiger partial charge in [-0.2, -0.15) is 0 Å². The molecule has 164 valence electrons. The van der Waals surface area contributed by atoms with Gasteiger partial charge >= 0.3 is 5.69 Å². The van der Waals surface area contributed by atoms with Crippen molar-refractivity contribution in [2.45, 2.75) is 57.2 Å². The highest BCUT2D eigenvalue weighted by molar-refractivity contribution is 7.91. The number of sulfone groups is 1. The fraction of sp³-hybridized carbons (Fsp3) is 0.684. The van der Waals surface area contributed by atoms with Crippen LogP contribution in [0, 0.1) is 0 Å². The van der Waals surface area contributed by atoms with Crippen LogP contribution in [0.25, 0.3) is 11.2 Å². The molecular weight excluding hydrogens is 410 g/mol. The Hall–Kier alpha value is -2.43. The largest absolute Gasteiger partial charge is 0.334 e. The van der Waals surface area contributed by atoms with Gasteiger partial charge in [0.2, 0.25) is 5.91 Å². The predicted molar refractivity (Wildman–Crippen MR) is 111 cm³/mol. The van der Waals surface area contributed by atoms with Crippen LogP contribution in [-0.2, 0) is 35.3 Å². The molecular formula is C19H27N5O5S. The van der Waals surface area contributed by atoms with Crippen LogP contribution in [0.4, 0.5) is 0 Å². The molecule has 2 aromatic rings. The molecule has 11 heteroatoms. The van der Waals surface area contributed by atoms with E-state index in [1.54, 1.807) is 4.90 Å². The van der Waals surface area contributed by atoms with Crippen molar-refractivity contribution in [3.8, 4) is 0 Å². The summed E-state index contributed by atoms with van der Waals surface area (Å²) in [4.78, 5) is 44.1. The standard InChI is InChI=1S/C19H27N5O5S/c1-21-17-16(18(26)22(2)19(21)27)23(12-20-17)10-15(25)24(13-6-4-3-5-7-13)14-8-9-30(28,29)11-14/h12-14H,3-11H2,1-2H3. The molecule has 0 radical (unpaired) electrons. The van der Waals surface area contributed by atoms with E-state index in [1.165, 1.54) is 29.6 Å². The minimum Gasteiger partial charge on any atom is -0.334 e. The van der Waals surface area contributed by atoms with Gasteiger partial charge in [0.25, 0.3) is 5.56 Å². The molecule has 1 atom stereocenters. The third-order valence-corrected chi connectivity index (χ3v) is 8.13. The van der Waals surface area contributed by atoms with Crippen LogP contribution < -0.4 is 11.2 Å². The van der Waals surface area contributed by atoms with E-state index >= 15 is 0 Å². The number of hydrogen-bond acceptors (Lipinski definition) is 6. The zero-order valence-electron chi connectivity index (χ0n) is 17.3. The molecule has 1 aliphatic carbocycles. The quantitative estimate of drug-likeness (QED) is 0.653. The van der Waals surface area contributed by atoms with Crippen molar-refractivity contribution < 1.29 is 13.2 Å². The predicted octanol–water partition coefficient (Wildman–Crippen LogP) is -0.218. The zero-order valence-corrected chi connectivity index (χ0v) is 18.1. The molecule has 1 saturated carbocycles. The summed E-state index contributed by atoms with van der Waals surface area (Å²) >= 11 is 0. The molecule has 4 rings (SSSR count). The molecule has 2 aliphatic rings. The zero-order chi connectivity index (χ0) is 21.6.